The van der Waals surface area contributed by atoms with Crippen LogP contribution in [0.1, 0.15) is 52.0 Å². The van der Waals surface area contributed by atoms with Crippen molar-refractivity contribution in [1.82, 2.24) is 15.5 Å². The molecule has 1 heterocycles. The van der Waals surface area contributed by atoms with Gasteiger partial charge in [0.25, 0.3) is 0 Å². The standard InChI is InChI=1S/C22H35N3O2.C2H6/c1-5-18(15-21(23-2)25-13-8-6-7-9-14-25)16-24-17-19-11-10-12-20(26-3)22(19)27-4;1-2/h5,10-12,15,23-24H,6-9,13-14,16-17H2,1-4H3;1-2H3/b18-5+,21-15+;. The molecule has 5 heteroatoms. The molecule has 5 nitrogen and oxygen atoms in total. The zero-order chi connectivity index (χ0) is 21.5. The van der Waals surface area contributed by atoms with Crippen LogP contribution >= 0.6 is 0 Å². The molecule has 0 spiro atoms. The van der Waals surface area contributed by atoms with Crippen molar-refractivity contribution in [3.63, 3.8) is 0 Å². The van der Waals surface area contributed by atoms with Gasteiger partial charge in [-0.05, 0) is 37.5 Å². The van der Waals surface area contributed by atoms with Crippen LogP contribution in [0.15, 0.2) is 41.7 Å². The highest BCUT2D eigenvalue weighted by Gasteiger charge is 2.12. The van der Waals surface area contributed by atoms with Crippen LogP contribution in [-0.4, -0.2) is 45.8 Å². The summed E-state index contributed by atoms with van der Waals surface area (Å²) >= 11 is 0. The number of methoxy groups -OCH3 is 2. The minimum Gasteiger partial charge on any atom is -0.493 e. The van der Waals surface area contributed by atoms with Gasteiger partial charge in [0.05, 0.1) is 14.2 Å². The van der Waals surface area contributed by atoms with E-state index in [9.17, 15) is 0 Å². The molecule has 1 aromatic carbocycles. The maximum atomic E-state index is 5.52. The number of ether oxygens (including phenoxy) is 2. The molecule has 0 aromatic heterocycles. The van der Waals surface area contributed by atoms with Crippen LogP contribution in [0.3, 0.4) is 0 Å². The van der Waals surface area contributed by atoms with Gasteiger partial charge in [0.2, 0.25) is 0 Å². The molecule has 1 aromatic rings. The monoisotopic (exact) mass is 403 g/mol. The van der Waals surface area contributed by atoms with Gasteiger partial charge in [0, 0.05) is 38.8 Å². The molecule has 0 bridgehead atoms. The minimum atomic E-state index is 0.726. The zero-order valence-electron chi connectivity index (χ0n) is 19.3. The third-order valence-electron chi connectivity index (χ3n) is 5.02. The first kappa shape index (κ1) is 24.9. The van der Waals surface area contributed by atoms with E-state index < -0.39 is 0 Å². The van der Waals surface area contributed by atoms with Crippen molar-refractivity contribution in [2.75, 3.05) is 40.9 Å². The van der Waals surface area contributed by atoms with Crippen molar-refractivity contribution in [2.45, 2.75) is 53.0 Å². The first-order valence-electron chi connectivity index (χ1n) is 10.9. The molecule has 1 aliphatic heterocycles. The Hall–Kier alpha value is -2.14. The second-order valence-electron chi connectivity index (χ2n) is 6.80. The van der Waals surface area contributed by atoms with Crippen LogP contribution in [0.4, 0.5) is 0 Å². The summed E-state index contributed by atoms with van der Waals surface area (Å²) in [5, 5.41) is 6.92. The topological polar surface area (TPSA) is 45.8 Å². The fourth-order valence-corrected chi connectivity index (χ4v) is 3.48. The molecule has 2 N–H and O–H groups in total. The molecule has 0 atom stereocenters. The third-order valence-corrected chi connectivity index (χ3v) is 5.02. The van der Waals surface area contributed by atoms with Crippen LogP contribution in [-0.2, 0) is 6.54 Å². The van der Waals surface area contributed by atoms with E-state index in [1.165, 1.54) is 37.1 Å². The number of likely N-dealkylation sites (tertiary alicyclic amines) is 1. The van der Waals surface area contributed by atoms with Crippen LogP contribution in [0.25, 0.3) is 0 Å². The van der Waals surface area contributed by atoms with Crippen molar-refractivity contribution in [3.8, 4) is 11.5 Å². The third kappa shape index (κ3) is 8.01. The summed E-state index contributed by atoms with van der Waals surface area (Å²) in [5.41, 5.74) is 2.36. The van der Waals surface area contributed by atoms with Gasteiger partial charge in [-0.3, -0.25) is 0 Å². The average Bonchev–Trinajstić information content (AvgIpc) is 3.06. The number of nitrogens with one attached hydrogen (secondary N) is 2. The zero-order valence-corrected chi connectivity index (χ0v) is 19.3. The molecule has 0 saturated carbocycles. The largest absolute Gasteiger partial charge is 0.493 e. The lowest BCUT2D eigenvalue weighted by atomic mass is 10.1. The van der Waals surface area contributed by atoms with E-state index >= 15 is 0 Å². The van der Waals surface area contributed by atoms with Gasteiger partial charge in [0.1, 0.15) is 5.82 Å². The van der Waals surface area contributed by atoms with E-state index in [1.807, 2.05) is 33.0 Å². The molecule has 29 heavy (non-hydrogen) atoms. The van der Waals surface area contributed by atoms with Crippen LogP contribution in [0.2, 0.25) is 0 Å². The van der Waals surface area contributed by atoms with Crippen LogP contribution in [0.5, 0.6) is 11.5 Å². The van der Waals surface area contributed by atoms with Crippen molar-refractivity contribution < 1.29 is 9.47 Å². The molecule has 164 valence electrons. The van der Waals surface area contributed by atoms with E-state index in [1.54, 1.807) is 14.2 Å². The van der Waals surface area contributed by atoms with Gasteiger partial charge >= 0.3 is 0 Å². The molecule has 0 amide bonds. The summed E-state index contributed by atoms with van der Waals surface area (Å²) in [5.74, 6) is 2.78. The van der Waals surface area contributed by atoms with Gasteiger partial charge in [-0.2, -0.15) is 0 Å². The molecule has 2 rings (SSSR count). The quantitative estimate of drug-likeness (QED) is 0.585. The second-order valence-corrected chi connectivity index (χ2v) is 6.80. The Balaban J connectivity index is 0.00000204. The maximum Gasteiger partial charge on any atom is 0.165 e. The Morgan fingerprint density at radius 3 is 2.31 bits per heavy atom. The Morgan fingerprint density at radius 2 is 1.76 bits per heavy atom. The smallest absolute Gasteiger partial charge is 0.165 e. The maximum absolute atomic E-state index is 5.52. The summed E-state index contributed by atoms with van der Waals surface area (Å²) in [6, 6.07) is 5.98. The van der Waals surface area contributed by atoms with Crippen molar-refractivity contribution in [2.24, 2.45) is 0 Å². The molecule has 1 saturated heterocycles. The first-order chi connectivity index (χ1) is 14.2. The lowest BCUT2D eigenvalue weighted by Gasteiger charge is -2.26. The minimum absolute atomic E-state index is 0.726. The van der Waals surface area contributed by atoms with Gasteiger partial charge in [-0.1, -0.05) is 44.9 Å². The van der Waals surface area contributed by atoms with Gasteiger partial charge < -0.3 is 25.0 Å². The number of rotatable bonds is 9. The fraction of sp³-hybridized carbons (Fsp3) is 0.583. The van der Waals surface area contributed by atoms with Gasteiger partial charge in [-0.25, -0.2) is 0 Å². The summed E-state index contributed by atoms with van der Waals surface area (Å²) in [6.07, 6.45) is 9.67. The summed E-state index contributed by atoms with van der Waals surface area (Å²) in [4.78, 5) is 2.47. The lowest BCUT2D eigenvalue weighted by Crippen LogP contribution is -2.31. The van der Waals surface area contributed by atoms with E-state index in [-0.39, 0.29) is 0 Å². The highest BCUT2D eigenvalue weighted by Crippen LogP contribution is 2.30. The molecule has 1 aliphatic rings. The van der Waals surface area contributed by atoms with Gasteiger partial charge in [-0.15, -0.1) is 0 Å². The highest BCUT2D eigenvalue weighted by atomic mass is 16.5. The lowest BCUT2D eigenvalue weighted by molar-refractivity contribution is 0.338. The van der Waals surface area contributed by atoms with Gasteiger partial charge in [0.15, 0.2) is 11.5 Å². The van der Waals surface area contributed by atoms with E-state index in [4.69, 9.17) is 9.47 Å². The van der Waals surface area contributed by atoms with Crippen molar-refractivity contribution >= 4 is 0 Å². The fourth-order valence-electron chi connectivity index (χ4n) is 3.48. The summed E-state index contributed by atoms with van der Waals surface area (Å²) in [7, 11) is 5.36. The molecule has 0 radical (unpaired) electrons. The average molecular weight is 404 g/mol. The Kier molecular flexibility index (Phi) is 12.7. The highest BCUT2D eigenvalue weighted by molar-refractivity contribution is 5.46. The molecule has 0 aliphatic carbocycles. The number of hydrogen-bond acceptors (Lipinski definition) is 5. The predicted octanol–water partition coefficient (Wildman–Crippen LogP) is 4.70. The number of hydrogen-bond donors (Lipinski definition) is 2. The molecule has 0 unspecified atom stereocenters. The number of nitrogens with zero attached hydrogens (tertiary/aromatic N) is 1. The van der Waals surface area contributed by atoms with Crippen LogP contribution < -0.4 is 20.1 Å². The SMILES string of the molecule is C/C=C(\C=C(/NC)N1CCCCCC1)CNCc1cccc(OC)c1OC.CC. The van der Waals surface area contributed by atoms with E-state index in [0.717, 1.165) is 43.2 Å². The number of benzene rings is 1. The summed E-state index contributed by atoms with van der Waals surface area (Å²) in [6.45, 7) is 9.89. The Morgan fingerprint density at radius 1 is 1.07 bits per heavy atom. The number of para-hydroxylation sites is 1. The normalized spacial score (nSPS) is 15.2. The first-order valence-corrected chi connectivity index (χ1v) is 10.9. The predicted molar refractivity (Wildman–Crippen MR) is 124 cm³/mol. The second kappa shape index (κ2) is 14.8. The molecular weight excluding hydrogens is 362 g/mol. The Bertz CT molecular complexity index is 633. The Labute approximate surface area is 178 Å². The molecular formula is C24H41N3O2. The van der Waals surface area contributed by atoms with E-state index in [0.29, 0.717) is 0 Å². The van der Waals surface area contributed by atoms with E-state index in [2.05, 4.69) is 40.7 Å². The van der Waals surface area contributed by atoms with Crippen molar-refractivity contribution in [1.29, 1.82) is 0 Å². The number of allylic oxidation sites excluding steroid dienone is 1. The molecule has 1 fully saturated rings. The van der Waals surface area contributed by atoms with Crippen LogP contribution in [0, 0.1) is 0 Å². The summed E-state index contributed by atoms with van der Waals surface area (Å²) < 4.78 is 10.9. The van der Waals surface area contributed by atoms with Crippen molar-refractivity contribution in [3.05, 3.63) is 47.3 Å².